The highest BCUT2D eigenvalue weighted by Crippen LogP contribution is 2.21. The zero-order valence-corrected chi connectivity index (χ0v) is 13.9. The fraction of sp³-hybridized carbons (Fsp3) is 0.300. The fourth-order valence-electron chi connectivity index (χ4n) is 2.65. The molecule has 0 amide bonds. The molecule has 0 aliphatic carbocycles. The van der Waals surface area contributed by atoms with Gasteiger partial charge < -0.3 is 19.5 Å². The molecule has 4 nitrogen and oxygen atoms in total. The van der Waals surface area contributed by atoms with Gasteiger partial charge in [-0.3, -0.25) is 0 Å². The molecule has 0 saturated heterocycles. The van der Waals surface area contributed by atoms with Crippen LogP contribution in [-0.2, 0) is 17.6 Å². The number of hydrogen-bond donors (Lipinski definition) is 1. The lowest BCUT2D eigenvalue weighted by Crippen LogP contribution is -2.37. The van der Waals surface area contributed by atoms with Gasteiger partial charge in [-0.2, -0.15) is 0 Å². The topological polar surface area (TPSA) is 39.7 Å². The second-order valence-electron chi connectivity index (χ2n) is 5.77. The van der Waals surface area contributed by atoms with Gasteiger partial charge in [0.15, 0.2) is 0 Å². The van der Waals surface area contributed by atoms with Crippen LogP contribution in [0.1, 0.15) is 11.1 Å². The summed E-state index contributed by atoms with van der Waals surface area (Å²) in [5, 5.41) is 3.24. The summed E-state index contributed by atoms with van der Waals surface area (Å²) in [5.74, 6) is 1.83. The van der Waals surface area contributed by atoms with E-state index in [4.69, 9.17) is 14.2 Å². The van der Waals surface area contributed by atoms with E-state index in [1.807, 2.05) is 30.5 Å². The van der Waals surface area contributed by atoms with Crippen molar-refractivity contribution in [1.29, 1.82) is 0 Å². The third-order valence-electron chi connectivity index (χ3n) is 4.05. The molecule has 0 radical (unpaired) electrons. The molecular formula is C20H23NO3. The molecule has 0 spiro atoms. The van der Waals surface area contributed by atoms with Crippen molar-refractivity contribution in [3.8, 4) is 11.5 Å². The highest BCUT2D eigenvalue weighted by atomic mass is 16.5. The molecule has 1 aliphatic heterocycles. The summed E-state index contributed by atoms with van der Waals surface area (Å²) < 4.78 is 16.5. The Morgan fingerprint density at radius 3 is 2.67 bits per heavy atom. The lowest BCUT2D eigenvalue weighted by Gasteiger charge is -2.21. The molecular weight excluding hydrogens is 302 g/mol. The summed E-state index contributed by atoms with van der Waals surface area (Å²) >= 11 is 0. The average molecular weight is 325 g/mol. The van der Waals surface area contributed by atoms with Crippen molar-refractivity contribution in [2.24, 2.45) is 0 Å². The van der Waals surface area contributed by atoms with Crippen molar-refractivity contribution in [2.75, 3.05) is 20.3 Å². The van der Waals surface area contributed by atoms with E-state index in [9.17, 15) is 0 Å². The number of methoxy groups -OCH3 is 1. The maximum Gasteiger partial charge on any atom is 0.122 e. The minimum Gasteiger partial charge on any atom is -0.497 e. The minimum absolute atomic E-state index is 0.185. The van der Waals surface area contributed by atoms with E-state index < -0.39 is 0 Å². The molecule has 0 aromatic heterocycles. The quantitative estimate of drug-likeness (QED) is 0.848. The number of hydrogen-bond acceptors (Lipinski definition) is 4. The highest BCUT2D eigenvalue weighted by Gasteiger charge is 2.12. The zero-order chi connectivity index (χ0) is 16.6. The van der Waals surface area contributed by atoms with Gasteiger partial charge in [0, 0.05) is 6.20 Å². The maximum absolute atomic E-state index is 6.01. The molecule has 1 aliphatic rings. The van der Waals surface area contributed by atoms with E-state index in [0.717, 1.165) is 24.3 Å². The van der Waals surface area contributed by atoms with Crippen LogP contribution < -0.4 is 14.8 Å². The van der Waals surface area contributed by atoms with Gasteiger partial charge in [-0.05, 0) is 42.2 Å². The largest absolute Gasteiger partial charge is 0.497 e. The van der Waals surface area contributed by atoms with E-state index in [1.54, 1.807) is 13.4 Å². The van der Waals surface area contributed by atoms with E-state index in [-0.39, 0.29) is 6.04 Å². The first-order chi connectivity index (χ1) is 11.8. The zero-order valence-electron chi connectivity index (χ0n) is 13.9. The van der Waals surface area contributed by atoms with E-state index >= 15 is 0 Å². The van der Waals surface area contributed by atoms with Crippen LogP contribution in [0.4, 0.5) is 0 Å². The van der Waals surface area contributed by atoms with Crippen LogP contribution in [0.3, 0.4) is 0 Å². The molecule has 3 rings (SSSR count). The lowest BCUT2D eigenvalue weighted by atomic mass is 10.0. The van der Waals surface area contributed by atoms with Crippen molar-refractivity contribution in [3.63, 3.8) is 0 Å². The predicted molar refractivity (Wildman–Crippen MR) is 94.4 cm³/mol. The van der Waals surface area contributed by atoms with Crippen molar-refractivity contribution >= 4 is 0 Å². The number of nitrogens with one attached hydrogen (secondary N) is 1. The van der Waals surface area contributed by atoms with Gasteiger partial charge in [0.25, 0.3) is 0 Å². The van der Waals surface area contributed by atoms with Crippen LogP contribution in [0.5, 0.6) is 11.5 Å². The van der Waals surface area contributed by atoms with Crippen LogP contribution in [0, 0.1) is 0 Å². The molecule has 0 fully saturated rings. The standard InChI is InChI=1S/C20H23NO3/c1-22-19-10-7-16(8-11-19)6-9-17-4-2-3-5-20(17)24-15-18-14-23-13-12-21-18/h2-5,7-8,10-13,18,21H,6,9,14-15H2,1H3/t18-/m0/s1. The third-order valence-corrected chi connectivity index (χ3v) is 4.05. The van der Waals surface area contributed by atoms with Crippen molar-refractivity contribution in [3.05, 3.63) is 72.1 Å². The van der Waals surface area contributed by atoms with Crippen molar-refractivity contribution in [2.45, 2.75) is 18.9 Å². The summed E-state index contributed by atoms with van der Waals surface area (Å²) in [6, 6.07) is 16.6. The highest BCUT2D eigenvalue weighted by molar-refractivity contribution is 5.35. The fourth-order valence-corrected chi connectivity index (χ4v) is 2.65. The van der Waals surface area contributed by atoms with Gasteiger partial charge in [-0.25, -0.2) is 0 Å². The Morgan fingerprint density at radius 1 is 1.08 bits per heavy atom. The van der Waals surface area contributed by atoms with Crippen LogP contribution in [-0.4, -0.2) is 26.4 Å². The van der Waals surface area contributed by atoms with E-state index in [2.05, 4.69) is 29.6 Å². The first kappa shape index (κ1) is 16.2. The molecule has 0 unspecified atom stereocenters. The molecule has 1 N–H and O–H groups in total. The Kier molecular flexibility index (Phi) is 5.61. The van der Waals surface area contributed by atoms with Crippen LogP contribution >= 0.6 is 0 Å². The summed E-state index contributed by atoms with van der Waals surface area (Å²) in [6.07, 6.45) is 5.39. The molecule has 24 heavy (non-hydrogen) atoms. The van der Waals surface area contributed by atoms with E-state index in [1.165, 1.54) is 11.1 Å². The summed E-state index contributed by atoms with van der Waals surface area (Å²) in [7, 11) is 1.69. The predicted octanol–water partition coefficient (Wildman–Crippen LogP) is 3.32. The van der Waals surface area contributed by atoms with Gasteiger partial charge in [-0.15, -0.1) is 0 Å². The molecule has 0 saturated carbocycles. The van der Waals surface area contributed by atoms with Crippen molar-refractivity contribution in [1.82, 2.24) is 5.32 Å². The molecule has 0 bridgehead atoms. The van der Waals surface area contributed by atoms with Gasteiger partial charge >= 0.3 is 0 Å². The molecule has 1 atom stereocenters. The molecule has 2 aromatic rings. The number of para-hydroxylation sites is 1. The normalized spacial score (nSPS) is 16.1. The number of aryl methyl sites for hydroxylation is 2. The Labute approximate surface area is 143 Å². The summed E-state index contributed by atoms with van der Waals surface area (Å²) in [4.78, 5) is 0. The first-order valence-electron chi connectivity index (χ1n) is 8.21. The smallest absolute Gasteiger partial charge is 0.122 e. The number of benzene rings is 2. The Hall–Kier alpha value is -2.62. The third kappa shape index (κ3) is 4.44. The SMILES string of the molecule is COc1ccc(CCc2ccccc2OC[C@@H]2COC=CN2)cc1. The van der Waals surface area contributed by atoms with Crippen LogP contribution in [0.25, 0.3) is 0 Å². The molecule has 2 aromatic carbocycles. The van der Waals surface area contributed by atoms with Crippen molar-refractivity contribution < 1.29 is 14.2 Å². The first-order valence-corrected chi connectivity index (χ1v) is 8.21. The molecule has 4 heteroatoms. The Bertz CT molecular complexity index is 667. The number of rotatable bonds is 7. The maximum atomic E-state index is 6.01. The van der Waals surface area contributed by atoms with Gasteiger partial charge in [0.05, 0.1) is 19.4 Å². The average Bonchev–Trinajstić information content (AvgIpc) is 2.66. The Morgan fingerprint density at radius 2 is 1.92 bits per heavy atom. The molecule has 1 heterocycles. The lowest BCUT2D eigenvalue weighted by molar-refractivity contribution is 0.155. The summed E-state index contributed by atoms with van der Waals surface area (Å²) in [6.45, 7) is 1.22. The monoisotopic (exact) mass is 325 g/mol. The second kappa shape index (κ2) is 8.29. The molecule has 126 valence electrons. The van der Waals surface area contributed by atoms with Gasteiger partial charge in [0.1, 0.15) is 24.7 Å². The van der Waals surface area contributed by atoms with Crippen LogP contribution in [0.15, 0.2) is 61.0 Å². The van der Waals surface area contributed by atoms with Gasteiger partial charge in [-0.1, -0.05) is 30.3 Å². The van der Waals surface area contributed by atoms with Crippen LogP contribution in [0.2, 0.25) is 0 Å². The number of ether oxygens (including phenoxy) is 3. The summed E-state index contributed by atoms with van der Waals surface area (Å²) in [5.41, 5.74) is 2.51. The van der Waals surface area contributed by atoms with E-state index in [0.29, 0.717) is 13.2 Å². The Balaban J connectivity index is 1.57. The van der Waals surface area contributed by atoms with Gasteiger partial charge in [0.2, 0.25) is 0 Å². The minimum atomic E-state index is 0.185. The second-order valence-corrected chi connectivity index (χ2v) is 5.77.